The number of nitrogens with two attached hydrogens (primary N) is 2. The highest BCUT2D eigenvalue weighted by Gasteiger charge is 2.21. The minimum Gasteiger partial charge on any atom is -0.368 e. The van der Waals surface area contributed by atoms with Crippen LogP contribution in [0, 0.1) is 0 Å². The Kier molecular flexibility index (Phi) is 9.16. The first-order valence-corrected chi connectivity index (χ1v) is 11.6. The van der Waals surface area contributed by atoms with Crippen molar-refractivity contribution in [3.63, 3.8) is 0 Å². The molecular weight excluding hydrogens is 416 g/mol. The minimum atomic E-state index is -0.140. The third-order valence-corrected chi connectivity index (χ3v) is 5.60. The van der Waals surface area contributed by atoms with Crippen molar-refractivity contribution in [2.75, 3.05) is 45.2 Å². The summed E-state index contributed by atoms with van der Waals surface area (Å²) in [5.41, 5.74) is 15.9. The number of nitrogens with zero attached hydrogens (tertiary/aromatic N) is 2. The van der Waals surface area contributed by atoms with E-state index in [-0.39, 0.29) is 24.5 Å². The van der Waals surface area contributed by atoms with Gasteiger partial charge in [0.2, 0.25) is 0 Å². The van der Waals surface area contributed by atoms with Gasteiger partial charge in [-0.25, -0.2) is 4.98 Å². The van der Waals surface area contributed by atoms with Crippen molar-refractivity contribution in [2.45, 2.75) is 39.0 Å². The molecule has 1 aromatic heterocycles. The molecule has 1 aliphatic heterocycles. The number of benzene rings is 1. The van der Waals surface area contributed by atoms with Gasteiger partial charge < -0.3 is 32.3 Å². The highest BCUT2D eigenvalue weighted by Crippen LogP contribution is 2.27. The van der Waals surface area contributed by atoms with Gasteiger partial charge in [-0.1, -0.05) is 18.2 Å². The van der Waals surface area contributed by atoms with Gasteiger partial charge in [-0.3, -0.25) is 10.1 Å². The molecule has 1 aliphatic rings. The lowest BCUT2D eigenvalue weighted by Gasteiger charge is -2.19. The fourth-order valence-electron chi connectivity index (χ4n) is 3.95. The van der Waals surface area contributed by atoms with Crippen LogP contribution in [0.3, 0.4) is 0 Å². The van der Waals surface area contributed by atoms with Crippen LogP contribution in [0.5, 0.6) is 0 Å². The normalized spacial score (nSPS) is 15.9. The number of amides is 1. The van der Waals surface area contributed by atoms with E-state index in [1.165, 1.54) is 0 Å². The van der Waals surface area contributed by atoms with Crippen molar-refractivity contribution < 1.29 is 4.79 Å². The molecule has 180 valence electrons. The molecule has 1 amide bonds. The Morgan fingerprint density at radius 2 is 2.12 bits per heavy atom. The van der Waals surface area contributed by atoms with E-state index in [4.69, 9.17) is 16.5 Å². The smallest absolute Gasteiger partial charge is 0.251 e. The molecule has 0 spiro atoms. The zero-order chi connectivity index (χ0) is 23.8. The summed E-state index contributed by atoms with van der Waals surface area (Å²) in [6.07, 6.45) is 0. The summed E-state index contributed by atoms with van der Waals surface area (Å²) in [4.78, 5) is 20.2. The van der Waals surface area contributed by atoms with Gasteiger partial charge in [0.1, 0.15) is 5.82 Å². The highest BCUT2D eigenvalue weighted by atomic mass is 16.1. The number of nitrogens with one attached hydrogen (secondary N) is 4. The van der Waals surface area contributed by atoms with E-state index in [1.807, 2.05) is 32.0 Å². The molecule has 0 bridgehead atoms. The molecule has 3 rings (SSSR count). The third kappa shape index (κ3) is 6.96. The summed E-state index contributed by atoms with van der Waals surface area (Å²) < 4.78 is 0. The molecule has 1 unspecified atom stereocenters. The van der Waals surface area contributed by atoms with E-state index in [9.17, 15) is 4.79 Å². The van der Waals surface area contributed by atoms with E-state index in [0.29, 0.717) is 24.5 Å². The first-order chi connectivity index (χ1) is 15.9. The largest absolute Gasteiger partial charge is 0.368 e. The molecule has 1 aromatic carbocycles. The van der Waals surface area contributed by atoms with Crippen LogP contribution in [-0.4, -0.2) is 67.8 Å². The van der Waals surface area contributed by atoms with Crippen LogP contribution >= 0.6 is 0 Å². The van der Waals surface area contributed by atoms with Crippen LogP contribution < -0.4 is 32.7 Å². The Labute approximate surface area is 196 Å². The maximum absolute atomic E-state index is 13.2. The van der Waals surface area contributed by atoms with Crippen molar-refractivity contribution in [3.05, 3.63) is 47.0 Å². The van der Waals surface area contributed by atoms with Crippen LogP contribution in [0.25, 0.3) is 11.3 Å². The number of anilines is 1. The number of hydrogen-bond donors (Lipinski definition) is 6. The maximum atomic E-state index is 13.2. The molecule has 1 saturated heterocycles. The first-order valence-electron chi connectivity index (χ1n) is 11.6. The summed E-state index contributed by atoms with van der Waals surface area (Å²) in [5, 5.41) is 13.0. The number of rotatable bonds is 11. The van der Waals surface area contributed by atoms with Gasteiger partial charge in [0.25, 0.3) is 5.91 Å². The van der Waals surface area contributed by atoms with Gasteiger partial charge >= 0.3 is 0 Å². The van der Waals surface area contributed by atoms with Crippen LogP contribution in [0.1, 0.15) is 35.3 Å². The van der Waals surface area contributed by atoms with E-state index >= 15 is 0 Å². The fraction of sp³-hybridized carbons (Fsp3) is 0.500. The number of aromatic nitrogens is 1. The number of pyridine rings is 1. The van der Waals surface area contributed by atoms with E-state index in [2.05, 4.69) is 45.3 Å². The lowest BCUT2D eigenvalue weighted by atomic mass is 10.0. The Hall–Kier alpha value is -2.56. The Balaban J connectivity index is 1.94. The van der Waals surface area contributed by atoms with Crippen molar-refractivity contribution in [1.82, 2.24) is 25.8 Å². The average molecular weight is 455 g/mol. The first kappa shape index (κ1) is 25.1. The molecule has 33 heavy (non-hydrogen) atoms. The third-order valence-electron chi connectivity index (χ3n) is 5.60. The SMILES string of the molecule is CC(C)Nc1nc(-c2cccc(CN(C)CCN)c2)cc(C(=O)NCC2CNCN2)c1CN. The summed E-state index contributed by atoms with van der Waals surface area (Å²) in [6, 6.07) is 10.5. The van der Waals surface area contributed by atoms with Gasteiger partial charge in [-0.05, 0) is 38.6 Å². The van der Waals surface area contributed by atoms with Gasteiger partial charge in [-0.15, -0.1) is 0 Å². The molecule has 8 N–H and O–H groups in total. The van der Waals surface area contributed by atoms with Gasteiger partial charge in [0.15, 0.2) is 0 Å². The topological polar surface area (TPSA) is 133 Å². The second-order valence-electron chi connectivity index (χ2n) is 8.85. The number of hydrogen-bond acceptors (Lipinski definition) is 8. The number of likely N-dealkylation sites (N-methyl/N-ethyl adjacent to an activating group) is 1. The molecule has 9 nitrogen and oxygen atoms in total. The summed E-state index contributed by atoms with van der Waals surface area (Å²) in [7, 11) is 2.05. The van der Waals surface area contributed by atoms with Gasteiger partial charge in [0, 0.05) is 74.7 Å². The summed E-state index contributed by atoms with van der Waals surface area (Å²) in [6.45, 7) is 8.67. The Morgan fingerprint density at radius 1 is 1.30 bits per heavy atom. The van der Waals surface area contributed by atoms with E-state index < -0.39 is 0 Å². The molecule has 9 heteroatoms. The molecule has 0 aliphatic carbocycles. The minimum absolute atomic E-state index is 0.140. The zero-order valence-corrected chi connectivity index (χ0v) is 19.9. The molecule has 2 aromatic rings. The number of carbonyl (C=O) groups excluding carboxylic acids is 1. The van der Waals surface area contributed by atoms with E-state index in [0.717, 1.165) is 48.7 Å². The predicted molar refractivity (Wildman–Crippen MR) is 134 cm³/mol. The lowest BCUT2D eigenvalue weighted by molar-refractivity contribution is 0.0950. The summed E-state index contributed by atoms with van der Waals surface area (Å²) >= 11 is 0. The van der Waals surface area contributed by atoms with Crippen molar-refractivity contribution in [2.24, 2.45) is 11.5 Å². The molecule has 0 radical (unpaired) electrons. The standard InChI is InChI=1S/C24H38N8O/c1-16(2)30-23-21(11-26)20(24(33)28-13-19-12-27-15-29-19)10-22(31-23)18-6-4-5-17(9-18)14-32(3)8-7-25/h4-6,9-10,16,19,27,29H,7-8,11-15,25-26H2,1-3H3,(H,28,33)(H,30,31). The van der Waals surface area contributed by atoms with Crippen LogP contribution in [0.2, 0.25) is 0 Å². The molecule has 0 saturated carbocycles. The van der Waals surface area contributed by atoms with Crippen LogP contribution in [0.15, 0.2) is 30.3 Å². The predicted octanol–water partition coefficient (Wildman–Crippen LogP) is 0.667. The quantitative estimate of drug-likeness (QED) is 0.292. The molecular formula is C24H38N8O. The lowest BCUT2D eigenvalue weighted by Crippen LogP contribution is -2.39. The maximum Gasteiger partial charge on any atom is 0.251 e. The van der Waals surface area contributed by atoms with Crippen molar-refractivity contribution in [1.29, 1.82) is 0 Å². The fourth-order valence-corrected chi connectivity index (χ4v) is 3.95. The molecule has 1 fully saturated rings. The average Bonchev–Trinajstić information content (AvgIpc) is 3.30. The van der Waals surface area contributed by atoms with Gasteiger partial charge in [0.05, 0.1) is 5.69 Å². The second kappa shape index (κ2) is 12.1. The van der Waals surface area contributed by atoms with Crippen LogP contribution in [0.4, 0.5) is 5.82 Å². The van der Waals surface area contributed by atoms with E-state index in [1.54, 1.807) is 0 Å². The van der Waals surface area contributed by atoms with Crippen LogP contribution in [-0.2, 0) is 13.1 Å². The van der Waals surface area contributed by atoms with Crippen molar-refractivity contribution >= 4 is 11.7 Å². The number of carbonyl (C=O) groups is 1. The summed E-state index contributed by atoms with van der Waals surface area (Å²) in [5.74, 6) is 0.514. The van der Waals surface area contributed by atoms with Gasteiger partial charge in [-0.2, -0.15) is 0 Å². The Bertz CT molecular complexity index is 927. The highest BCUT2D eigenvalue weighted by molar-refractivity contribution is 5.98. The molecule has 2 heterocycles. The van der Waals surface area contributed by atoms with Crippen molar-refractivity contribution in [3.8, 4) is 11.3 Å². The molecule has 1 atom stereocenters. The second-order valence-corrected chi connectivity index (χ2v) is 8.85. The monoisotopic (exact) mass is 454 g/mol. The zero-order valence-electron chi connectivity index (χ0n) is 19.9. The Morgan fingerprint density at radius 3 is 2.79 bits per heavy atom.